The van der Waals surface area contributed by atoms with Crippen LogP contribution in [0.15, 0.2) is 55.6 Å². The lowest BCUT2D eigenvalue weighted by Gasteiger charge is -2.18. The van der Waals surface area contributed by atoms with Crippen molar-refractivity contribution in [1.29, 1.82) is 0 Å². The average molecular weight is 394 g/mol. The summed E-state index contributed by atoms with van der Waals surface area (Å²) in [6.07, 6.45) is 3.77. The van der Waals surface area contributed by atoms with Crippen molar-refractivity contribution < 1.29 is 13.8 Å². The zero-order chi connectivity index (χ0) is 18.6. The van der Waals surface area contributed by atoms with Gasteiger partial charge in [-0.25, -0.2) is 15.0 Å². The van der Waals surface area contributed by atoms with Crippen LogP contribution in [0.5, 0.6) is 5.75 Å². The van der Waals surface area contributed by atoms with E-state index in [1.54, 1.807) is 41.2 Å². The first kappa shape index (κ1) is 18.4. The van der Waals surface area contributed by atoms with E-state index >= 15 is 0 Å². The zero-order valence-corrected chi connectivity index (χ0v) is 15.4. The lowest BCUT2D eigenvalue weighted by molar-refractivity contribution is 0.106. The van der Waals surface area contributed by atoms with Crippen molar-refractivity contribution in [3.05, 3.63) is 55.6 Å². The van der Waals surface area contributed by atoms with E-state index in [1.807, 2.05) is 6.07 Å². The van der Waals surface area contributed by atoms with Crippen molar-refractivity contribution in [3.8, 4) is 5.75 Å². The topological polar surface area (TPSA) is 105 Å². The Bertz CT molecular complexity index is 949. The Hall–Kier alpha value is -2.41. The minimum Gasteiger partial charge on any atom is -0.431 e. The zero-order valence-electron chi connectivity index (χ0n) is 13.7. The van der Waals surface area contributed by atoms with Crippen molar-refractivity contribution in [1.82, 2.24) is 19.5 Å². The third kappa shape index (κ3) is 4.40. The van der Waals surface area contributed by atoms with Crippen LogP contribution in [0, 0.1) is 0 Å². The van der Waals surface area contributed by atoms with Crippen LogP contribution in [0.25, 0.3) is 11.2 Å². The number of hydrogen-bond donors (Lipinski definition) is 1. The van der Waals surface area contributed by atoms with Crippen LogP contribution in [0.2, 0.25) is 0 Å². The Balaban J connectivity index is 1.65. The molecular weight excluding hydrogens is 377 g/mol. The number of fused-ring (bicyclic) bond motifs is 1. The summed E-state index contributed by atoms with van der Waals surface area (Å²) in [6.45, 7) is 0.584. The van der Waals surface area contributed by atoms with E-state index in [0.29, 0.717) is 29.3 Å². The molecule has 26 heavy (non-hydrogen) atoms. The van der Waals surface area contributed by atoms with Crippen LogP contribution in [0.1, 0.15) is 0 Å². The monoisotopic (exact) mass is 393 g/mol. The molecule has 2 aromatic heterocycles. The van der Waals surface area contributed by atoms with Gasteiger partial charge in [-0.3, -0.25) is 4.57 Å². The number of ether oxygens (including phenoxy) is 1. The van der Waals surface area contributed by atoms with Crippen molar-refractivity contribution in [2.75, 3.05) is 12.1 Å². The van der Waals surface area contributed by atoms with Gasteiger partial charge in [0.2, 0.25) is 0 Å². The number of rotatable bonds is 8. The Morgan fingerprint density at radius 3 is 2.81 bits per heavy atom. The normalized spacial score (nSPS) is 14.7. The number of halogens is 1. The number of benzene rings is 1. The Labute approximate surface area is 154 Å². The fourth-order valence-electron chi connectivity index (χ4n) is 2.27. The fraction of sp³-hybridized carbons (Fsp3) is 0.188. The van der Waals surface area contributed by atoms with Gasteiger partial charge >= 0.3 is 6.72 Å². The van der Waals surface area contributed by atoms with Gasteiger partial charge < -0.3 is 19.6 Å². The quantitative estimate of drug-likeness (QED) is 0.461. The maximum atomic E-state index is 12.4. The second-order valence-electron chi connectivity index (χ2n) is 5.39. The highest BCUT2D eigenvalue weighted by Gasteiger charge is 2.24. The summed E-state index contributed by atoms with van der Waals surface area (Å²) in [6, 6.07) is 8.68. The first-order valence-corrected chi connectivity index (χ1v) is 10.4. The highest BCUT2D eigenvalue weighted by atomic mass is 35.7. The third-order valence-electron chi connectivity index (χ3n) is 3.50. The minimum absolute atomic E-state index is 0.274. The molecule has 0 saturated carbocycles. The Kier molecular flexibility index (Phi) is 5.56. The van der Waals surface area contributed by atoms with Gasteiger partial charge in [0.05, 0.1) is 19.0 Å². The molecule has 0 aliphatic carbocycles. The van der Waals surface area contributed by atoms with E-state index in [2.05, 4.69) is 21.5 Å². The SMILES string of the molecule is C=C[C@H](Cn1cnc2c(N)ncnc21)OCP(=O)(Cl)Oc1ccccc1. The highest BCUT2D eigenvalue weighted by molar-refractivity contribution is 7.85. The van der Waals surface area contributed by atoms with Crippen molar-refractivity contribution in [2.45, 2.75) is 12.6 Å². The summed E-state index contributed by atoms with van der Waals surface area (Å²) in [5, 5.41) is 0. The number of anilines is 1. The first-order valence-electron chi connectivity index (χ1n) is 7.67. The molecular formula is C16H17ClN5O3P. The van der Waals surface area contributed by atoms with Gasteiger partial charge in [0.1, 0.15) is 23.9 Å². The molecule has 10 heteroatoms. The maximum absolute atomic E-state index is 12.4. The average Bonchev–Trinajstić information content (AvgIpc) is 3.03. The summed E-state index contributed by atoms with van der Waals surface area (Å²) < 4.78 is 25.1. The molecule has 0 radical (unpaired) electrons. The number of nitrogen functional groups attached to an aromatic ring is 1. The second-order valence-corrected chi connectivity index (χ2v) is 8.56. The van der Waals surface area contributed by atoms with E-state index in [-0.39, 0.29) is 6.35 Å². The van der Waals surface area contributed by atoms with E-state index < -0.39 is 12.8 Å². The molecule has 0 spiro atoms. The number of hydrogen-bond acceptors (Lipinski definition) is 7. The predicted octanol–water partition coefficient (Wildman–Crippen LogP) is 3.45. The summed E-state index contributed by atoms with van der Waals surface area (Å²) in [4.78, 5) is 12.3. The number of para-hydroxylation sites is 1. The second kappa shape index (κ2) is 7.86. The summed E-state index contributed by atoms with van der Waals surface area (Å²) >= 11 is 5.99. The van der Waals surface area contributed by atoms with Crippen LogP contribution in [0.4, 0.5) is 5.82 Å². The summed E-state index contributed by atoms with van der Waals surface area (Å²) in [5.41, 5.74) is 6.85. The largest absolute Gasteiger partial charge is 0.431 e. The predicted molar refractivity (Wildman–Crippen MR) is 100 cm³/mol. The lowest BCUT2D eigenvalue weighted by atomic mass is 10.3. The number of aromatic nitrogens is 4. The van der Waals surface area contributed by atoms with Gasteiger partial charge in [-0.05, 0) is 23.4 Å². The molecule has 2 N–H and O–H groups in total. The minimum atomic E-state index is -3.50. The Morgan fingerprint density at radius 2 is 2.08 bits per heavy atom. The van der Waals surface area contributed by atoms with E-state index in [1.165, 1.54) is 6.33 Å². The molecule has 3 aromatic rings. The first-order chi connectivity index (χ1) is 12.5. The Morgan fingerprint density at radius 1 is 1.31 bits per heavy atom. The molecule has 1 unspecified atom stereocenters. The van der Waals surface area contributed by atoms with Gasteiger partial charge in [0, 0.05) is 0 Å². The number of imidazole rings is 1. The van der Waals surface area contributed by atoms with Gasteiger partial charge in [-0.15, -0.1) is 6.58 Å². The lowest BCUT2D eigenvalue weighted by Crippen LogP contribution is -2.18. The van der Waals surface area contributed by atoms with Crippen molar-refractivity contribution in [3.63, 3.8) is 0 Å². The summed E-state index contributed by atoms with van der Waals surface area (Å²) in [7, 11) is 0. The molecule has 136 valence electrons. The third-order valence-corrected chi connectivity index (χ3v) is 4.94. The molecule has 0 amide bonds. The van der Waals surface area contributed by atoms with E-state index in [9.17, 15) is 4.57 Å². The number of nitrogens with zero attached hydrogens (tertiary/aromatic N) is 4. The molecule has 2 heterocycles. The molecule has 0 bridgehead atoms. The molecule has 0 fully saturated rings. The van der Waals surface area contributed by atoms with Gasteiger partial charge in [0.25, 0.3) is 0 Å². The summed E-state index contributed by atoms with van der Waals surface area (Å²) in [5.74, 6) is 0.712. The van der Waals surface area contributed by atoms with Crippen molar-refractivity contribution >= 4 is 34.9 Å². The van der Waals surface area contributed by atoms with Gasteiger partial charge in [0.15, 0.2) is 11.5 Å². The van der Waals surface area contributed by atoms with Gasteiger partial charge in [-0.1, -0.05) is 24.3 Å². The van der Waals surface area contributed by atoms with Crippen LogP contribution in [0.3, 0.4) is 0 Å². The molecule has 8 nitrogen and oxygen atoms in total. The molecule has 0 saturated heterocycles. The van der Waals surface area contributed by atoms with E-state index in [0.717, 1.165) is 0 Å². The van der Waals surface area contributed by atoms with E-state index in [4.69, 9.17) is 26.2 Å². The molecule has 3 rings (SSSR count). The van der Waals surface area contributed by atoms with Crippen LogP contribution in [-0.4, -0.2) is 32.0 Å². The highest BCUT2D eigenvalue weighted by Crippen LogP contribution is 2.52. The van der Waals surface area contributed by atoms with Crippen molar-refractivity contribution in [2.24, 2.45) is 0 Å². The van der Waals surface area contributed by atoms with Gasteiger partial charge in [-0.2, -0.15) is 0 Å². The number of nitrogens with two attached hydrogens (primary N) is 1. The van der Waals surface area contributed by atoms with Crippen LogP contribution >= 0.6 is 18.0 Å². The smallest absolute Gasteiger partial charge is 0.361 e. The molecule has 0 aliphatic rings. The standard InChI is InChI=1S/C16H17ClN5O3P/c1-2-12(8-22-10-21-14-15(18)19-9-20-16(14)22)24-11-26(17,23)25-13-6-4-3-5-7-13/h2-7,9-10,12H,1,8,11H2,(H2,18,19,20)/t12-,26?/m1/s1. The maximum Gasteiger partial charge on any atom is 0.361 e. The van der Waals surface area contributed by atoms with Crippen LogP contribution < -0.4 is 10.3 Å². The fourth-order valence-corrected chi connectivity index (χ4v) is 3.54. The molecule has 0 aliphatic heterocycles. The molecule has 1 aromatic carbocycles. The molecule has 2 atom stereocenters. The van der Waals surface area contributed by atoms with Crippen LogP contribution in [-0.2, 0) is 15.8 Å².